The first-order valence-corrected chi connectivity index (χ1v) is 4.21. The van der Waals surface area contributed by atoms with E-state index >= 15 is 0 Å². The molecular formula is C10H13ClO2. The molecule has 0 rings (SSSR count). The number of rotatable bonds is 4. The quantitative estimate of drug-likeness (QED) is 0.396. The van der Waals surface area contributed by atoms with Crippen molar-refractivity contribution < 1.29 is 9.53 Å². The van der Waals surface area contributed by atoms with Crippen LogP contribution in [0.25, 0.3) is 0 Å². The molecule has 0 saturated carbocycles. The molecule has 1 unspecified atom stereocenters. The van der Waals surface area contributed by atoms with Crippen molar-refractivity contribution in [2.75, 3.05) is 0 Å². The highest BCUT2D eigenvalue weighted by atomic mass is 35.5. The average molecular weight is 201 g/mol. The molecule has 72 valence electrons. The summed E-state index contributed by atoms with van der Waals surface area (Å²) in [6, 6.07) is 0. The number of hydrogen-bond donors (Lipinski definition) is 0. The van der Waals surface area contributed by atoms with Crippen LogP contribution < -0.4 is 0 Å². The summed E-state index contributed by atoms with van der Waals surface area (Å²) in [5.74, 6) is -0.442. The summed E-state index contributed by atoms with van der Waals surface area (Å²) in [5, 5.41) is 0.435. The summed E-state index contributed by atoms with van der Waals surface area (Å²) in [5.41, 5.74) is 0.356. The minimum atomic E-state index is -0.455. The summed E-state index contributed by atoms with van der Waals surface area (Å²) in [6.07, 6.45) is 2.66. The Morgan fingerprint density at radius 3 is 2.54 bits per heavy atom. The molecule has 0 N–H and O–H groups in total. The van der Waals surface area contributed by atoms with Crippen LogP contribution in [0.2, 0.25) is 0 Å². The molecule has 0 amide bonds. The molecule has 0 fully saturated rings. The van der Waals surface area contributed by atoms with Gasteiger partial charge < -0.3 is 4.74 Å². The number of halogens is 1. The molecule has 0 aromatic rings. The Labute approximate surface area is 83.5 Å². The van der Waals surface area contributed by atoms with Gasteiger partial charge in [0.2, 0.25) is 0 Å². The van der Waals surface area contributed by atoms with E-state index in [1.54, 1.807) is 19.9 Å². The van der Waals surface area contributed by atoms with Gasteiger partial charge >= 0.3 is 5.97 Å². The zero-order valence-corrected chi connectivity index (χ0v) is 8.60. The Bertz CT molecular complexity index is 254. The Balaban J connectivity index is 4.22. The van der Waals surface area contributed by atoms with Crippen LogP contribution in [0.4, 0.5) is 0 Å². The van der Waals surface area contributed by atoms with E-state index in [-0.39, 0.29) is 0 Å². The lowest BCUT2D eigenvalue weighted by molar-refractivity contribution is -0.141. The number of esters is 1. The van der Waals surface area contributed by atoms with Crippen LogP contribution in [0.1, 0.15) is 13.8 Å². The summed E-state index contributed by atoms with van der Waals surface area (Å²) in [7, 11) is 0. The van der Waals surface area contributed by atoms with Crippen molar-refractivity contribution >= 4 is 17.6 Å². The molecule has 13 heavy (non-hydrogen) atoms. The zero-order chi connectivity index (χ0) is 10.4. The van der Waals surface area contributed by atoms with Crippen molar-refractivity contribution in [2.24, 2.45) is 0 Å². The van der Waals surface area contributed by atoms with Gasteiger partial charge in [0, 0.05) is 5.57 Å². The third-order valence-corrected chi connectivity index (χ3v) is 1.73. The maximum absolute atomic E-state index is 11.0. The molecule has 0 radical (unpaired) electrons. The largest absolute Gasteiger partial charge is 0.454 e. The van der Waals surface area contributed by atoms with Crippen molar-refractivity contribution in [1.82, 2.24) is 0 Å². The number of allylic oxidation sites excluding steroid dienone is 2. The van der Waals surface area contributed by atoms with Gasteiger partial charge in [-0.15, -0.1) is 0 Å². The predicted molar refractivity (Wildman–Crippen MR) is 54.5 cm³/mol. The molecule has 3 heteroatoms. The minimum Gasteiger partial charge on any atom is -0.454 e. The Hall–Kier alpha value is -1.02. The maximum atomic E-state index is 11.0. The van der Waals surface area contributed by atoms with Gasteiger partial charge in [-0.25, -0.2) is 4.79 Å². The molecule has 0 aromatic heterocycles. The van der Waals surface area contributed by atoms with Crippen LogP contribution in [-0.4, -0.2) is 12.1 Å². The average Bonchev–Trinajstić information content (AvgIpc) is 2.04. The number of ether oxygens (including phenoxy) is 1. The van der Waals surface area contributed by atoms with Crippen molar-refractivity contribution in [3.05, 3.63) is 35.9 Å². The van der Waals surface area contributed by atoms with Gasteiger partial charge in [0.05, 0.1) is 5.03 Å². The second-order valence-electron chi connectivity index (χ2n) is 2.62. The van der Waals surface area contributed by atoms with Gasteiger partial charge in [-0.05, 0) is 19.9 Å². The first-order valence-electron chi connectivity index (χ1n) is 3.83. The Kier molecular flexibility index (Phi) is 5.16. The van der Waals surface area contributed by atoms with Gasteiger partial charge in [-0.1, -0.05) is 30.8 Å². The second-order valence-corrected chi connectivity index (χ2v) is 3.05. The fourth-order valence-corrected chi connectivity index (χ4v) is 0.699. The van der Waals surface area contributed by atoms with Crippen LogP contribution in [0.3, 0.4) is 0 Å². The molecule has 0 bridgehead atoms. The van der Waals surface area contributed by atoms with E-state index in [0.29, 0.717) is 10.6 Å². The van der Waals surface area contributed by atoms with Gasteiger partial charge in [0.1, 0.15) is 6.10 Å². The van der Waals surface area contributed by atoms with Crippen molar-refractivity contribution in [3.63, 3.8) is 0 Å². The molecule has 0 aliphatic rings. The first kappa shape index (κ1) is 12.0. The zero-order valence-electron chi connectivity index (χ0n) is 7.84. The molecule has 0 spiro atoms. The van der Waals surface area contributed by atoms with Crippen molar-refractivity contribution in [1.29, 1.82) is 0 Å². The van der Waals surface area contributed by atoms with Crippen LogP contribution >= 0.6 is 11.6 Å². The lowest BCUT2D eigenvalue weighted by Gasteiger charge is -2.11. The third-order valence-electron chi connectivity index (χ3n) is 1.30. The van der Waals surface area contributed by atoms with Gasteiger partial charge in [0.15, 0.2) is 0 Å². The highest BCUT2D eigenvalue weighted by Gasteiger charge is 2.11. The summed E-state index contributed by atoms with van der Waals surface area (Å²) < 4.78 is 4.94. The van der Waals surface area contributed by atoms with Crippen LogP contribution in [0.15, 0.2) is 35.9 Å². The molecule has 1 atom stereocenters. The lowest BCUT2D eigenvalue weighted by Crippen LogP contribution is -2.15. The Morgan fingerprint density at radius 1 is 1.62 bits per heavy atom. The van der Waals surface area contributed by atoms with Gasteiger partial charge in [-0.3, -0.25) is 0 Å². The van der Waals surface area contributed by atoms with Crippen molar-refractivity contribution in [3.8, 4) is 0 Å². The summed E-state index contributed by atoms with van der Waals surface area (Å²) in [4.78, 5) is 11.0. The molecule has 0 aliphatic carbocycles. The van der Waals surface area contributed by atoms with Crippen LogP contribution in [-0.2, 0) is 9.53 Å². The van der Waals surface area contributed by atoms with Gasteiger partial charge in [-0.2, -0.15) is 0 Å². The fourth-order valence-electron chi connectivity index (χ4n) is 0.566. The predicted octanol–water partition coefficient (Wildman–Crippen LogP) is 2.80. The van der Waals surface area contributed by atoms with E-state index in [1.807, 2.05) is 0 Å². The van der Waals surface area contributed by atoms with E-state index in [1.165, 1.54) is 6.08 Å². The van der Waals surface area contributed by atoms with E-state index in [2.05, 4.69) is 13.2 Å². The topological polar surface area (TPSA) is 26.3 Å². The molecular weight excluding hydrogens is 188 g/mol. The molecule has 2 nitrogen and oxygen atoms in total. The smallest absolute Gasteiger partial charge is 0.333 e. The third kappa shape index (κ3) is 4.53. The lowest BCUT2D eigenvalue weighted by atomic mass is 10.3. The number of hydrogen-bond acceptors (Lipinski definition) is 2. The van der Waals surface area contributed by atoms with Crippen LogP contribution in [0, 0.1) is 0 Å². The first-order chi connectivity index (χ1) is 5.99. The monoisotopic (exact) mass is 200 g/mol. The van der Waals surface area contributed by atoms with E-state index in [9.17, 15) is 4.79 Å². The standard InChI is InChI=1S/C10H13ClO2/c1-5-6-9(11)8(4)13-10(12)7(2)3/h5-6,8H,1-2H2,3-4H3/b9-6-. The highest BCUT2D eigenvalue weighted by Crippen LogP contribution is 2.12. The fraction of sp³-hybridized carbons (Fsp3) is 0.300. The van der Waals surface area contributed by atoms with E-state index in [0.717, 1.165) is 0 Å². The van der Waals surface area contributed by atoms with Gasteiger partial charge in [0.25, 0.3) is 0 Å². The molecule has 0 aromatic carbocycles. The van der Waals surface area contributed by atoms with Crippen molar-refractivity contribution in [2.45, 2.75) is 20.0 Å². The maximum Gasteiger partial charge on any atom is 0.333 e. The Morgan fingerprint density at radius 2 is 2.15 bits per heavy atom. The summed E-state index contributed by atoms with van der Waals surface area (Å²) >= 11 is 5.76. The number of carbonyl (C=O) groups excluding carboxylic acids is 1. The normalized spacial score (nSPS) is 13.3. The van der Waals surface area contributed by atoms with Crippen LogP contribution in [0.5, 0.6) is 0 Å². The second kappa shape index (κ2) is 5.60. The number of carbonyl (C=O) groups is 1. The molecule has 0 aliphatic heterocycles. The SMILES string of the molecule is C=C/C=C(\Cl)C(C)OC(=O)C(=C)C. The highest BCUT2D eigenvalue weighted by molar-refractivity contribution is 6.30. The van der Waals surface area contributed by atoms with E-state index in [4.69, 9.17) is 16.3 Å². The summed E-state index contributed by atoms with van der Waals surface area (Å²) in [6.45, 7) is 10.2. The molecule has 0 heterocycles. The molecule has 0 saturated heterocycles. The minimum absolute atomic E-state index is 0.356. The van der Waals surface area contributed by atoms with E-state index < -0.39 is 12.1 Å².